The number of nitrogens with one attached hydrogen (secondary N) is 1. The van der Waals surface area contributed by atoms with Gasteiger partial charge in [-0.05, 0) is 37.0 Å². The molecule has 2 aliphatic heterocycles. The predicted molar refractivity (Wildman–Crippen MR) is 119 cm³/mol. The summed E-state index contributed by atoms with van der Waals surface area (Å²) in [6, 6.07) is 12.8. The molecule has 168 valence electrons. The SMILES string of the molecule is O=C(N1CCOC[C@@H](Cc2cccc3[nH]ncc23)C1)C1(c2ccccc2F)CCOCC1. The fraction of sp³-hybridized carbons (Fsp3) is 0.440. The number of nitrogens with zero attached hydrogens (tertiary/aromatic N) is 2. The number of aromatic nitrogens is 2. The predicted octanol–water partition coefficient (Wildman–Crippen LogP) is 3.47. The Balaban J connectivity index is 1.41. The average Bonchev–Trinajstić information content (AvgIpc) is 3.19. The van der Waals surface area contributed by atoms with Crippen LogP contribution in [0.1, 0.15) is 24.0 Å². The molecule has 2 saturated heterocycles. The molecule has 5 rings (SSSR count). The summed E-state index contributed by atoms with van der Waals surface area (Å²) >= 11 is 0. The number of hydrogen-bond acceptors (Lipinski definition) is 4. The van der Waals surface area contributed by atoms with Crippen LogP contribution in [0.25, 0.3) is 10.9 Å². The van der Waals surface area contributed by atoms with Gasteiger partial charge in [-0.2, -0.15) is 5.10 Å². The summed E-state index contributed by atoms with van der Waals surface area (Å²) in [6.45, 7) is 3.09. The van der Waals surface area contributed by atoms with Gasteiger partial charge in [0.2, 0.25) is 5.91 Å². The third-order valence-electron chi connectivity index (χ3n) is 6.85. The summed E-state index contributed by atoms with van der Waals surface area (Å²) < 4.78 is 26.3. The number of carbonyl (C=O) groups is 1. The molecule has 1 atom stereocenters. The Morgan fingerprint density at radius 3 is 2.81 bits per heavy atom. The smallest absolute Gasteiger partial charge is 0.233 e. The Morgan fingerprint density at radius 2 is 1.97 bits per heavy atom. The van der Waals surface area contributed by atoms with Crippen molar-refractivity contribution in [2.45, 2.75) is 24.7 Å². The lowest BCUT2D eigenvalue weighted by atomic mass is 9.72. The van der Waals surface area contributed by atoms with Crippen molar-refractivity contribution < 1.29 is 18.7 Å². The van der Waals surface area contributed by atoms with E-state index in [2.05, 4.69) is 16.3 Å². The number of carbonyl (C=O) groups excluding carboxylic acids is 1. The lowest BCUT2D eigenvalue weighted by molar-refractivity contribution is -0.142. The molecule has 1 aromatic heterocycles. The van der Waals surface area contributed by atoms with Crippen LogP contribution in [-0.4, -0.2) is 60.5 Å². The molecule has 0 aliphatic carbocycles. The Bertz CT molecular complexity index is 1090. The molecule has 6 nitrogen and oxygen atoms in total. The van der Waals surface area contributed by atoms with Gasteiger partial charge >= 0.3 is 0 Å². The minimum Gasteiger partial charge on any atom is -0.381 e. The van der Waals surface area contributed by atoms with Gasteiger partial charge in [0.05, 0.1) is 30.3 Å². The van der Waals surface area contributed by atoms with E-state index in [1.54, 1.807) is 12.1 Å². The summed E-state index contributed by atoms with van der Waals surface area (Å²) in [7, 11) is 0. The van der Waals surface area contributed by atoms with Crippen molar-refractivity contribution in [2.75, 3.05) is 39.5 Å². The highest BCUT2D eigenvalue weighted by atomic mass is 19.1. The van der Waals surface area contributed by atoms with Crippen LogP contribution in [0.5, 0.6) is 0 Å². The number of rotatable bonds is 4. The summed E-state index contributed by atoms with van der Waals surface area (Å²) in [5, 5.41) is 8.27. The van der Waals surface area contributed by atoms with Gasteiger partial charge in [-0.15, -0.1) is 0 Å². The third-order valence-corrected chi connectivity index (χ3v) is 6.85. The standard InChI is InChI=1S/C25H28FN3O3/c26-22-6-2-1-5-21(22)25(8-11-31-12-9-25)24(30)29-10-13-32-17-18(16-29)14-19-4-3-7-23-20(19)15-27-28-23/h1-7,15,18H,8-14,16-17H2,(H,27,28)/t18-/m0/s1. The van der Waals surface area contributed by atoms with Gasteiger partial charge in [0, 0.05) is 43.2 Å². The van der Waals surface area contributed by atoms with E-state index in [9.17, 15) is 9.18 Å². The molecule has 2 aromatic carbocycles. The first-order valence-corrected chi connectivity index (χ1v) is 11.3. The Labute approximate surface area is 186 Å². The van der Waals surface area contributed by atoms with Crippen molar-refractivity contribution in [1.82, 2.24) is 15.1 Å². The van der Waals surface area contributed by atoms with E-state index in [0.717, 1.165) is 17.3 Å². The molecule has 32 heavy (non-hydrogen) atoms. The Morgan fingerprint density at radius 1 is 1.12 bits per heavy atom. The van der Waals surface area contributed by atoms with E-state index in [-0.39, 0.29) is 17.6 Å². The summed E-state index contributed by atoms with van der Waals surface area (Å²) in [5.41, 5.74) is 1.79. The van der Waals surface area contributed by atoms with E-state index in [4.69, 9.17) is 9.47 Å². The lowest BCUT2D eigenvalue weighted by Crippen LogP contribution is -2.51. The van der Waals surface area contributed by atoms with Crippen molar-refractivity contribution in [3.8, 4) is 0 Å². The molecule has 1 amide bonds. The number of hydrogen-bond donors (Lipinski definition) is 1. The molecule has 7 heteroatoms. The number of ether oxygens (including phenoxy) is 2. The molecular weight excluding hydrogens is 409 g/mol. The second-order valence-corrected chi connectivity index (χ2v) is 8.82. The van der Waals surface area contributed by atoms with E-state index in [1.165, 1.54) is 11.6 Å². The van der Waals surface area contributed by atoms with Gasteiger partial charge < -0.3 is 14.4 Å². The fourth-order valence-corrected chi connectivity index (χ4v) is 5.18. The molecule has 3 aromatic rings. The van der Waals surface area contributed by atoms with Gasteiger partial charge in [-0.3, -0.25) is 9.89 Å². The van der Waals surface area contributed by atoms with E-state index in [1.807, 2.05) is 29.3 Å². The first-order valence-electron chi connectivity index (χ1n) is 11.3. The number of amides is 1. The van der Waals surface area contributed by atoms with Gasteiger partial charge in [-0.1, -0.05) is 30.3 Å². The van der Waals surface area contributed by atoms with Crippen molar-refractivity contribution in [3.05, 3.63) is 65.6 Å². The normalized spacial score (nSPS) is 21.4. The number of aromatic amines is 1. The third kappa shape index (κ3) is 3.91. The molecule has 1 N–H and O–H groups in total. The van der Waals surface area contributed by atoms with E-state index in [0.29, 0.717) is 57.9 Å². The maximum absolute atomic E-state index is 14.9. The Hall–Kier alpha value is -2.77. The maximum atomic E-state index is 14.9. The molecular formula is C25H28FN3O3. The highest BCUT2D eigenvalue weighted by Gasteiger charge is 2.46. The highest BCUT2D eigenvalue weighted by molar-refractivity contribution is 5.88. The van der Waals surface area contributed by atoms with Crippen molar-refractivity contribution in [2.24, 2.45) is 5.92 Å². The molecule has 3 heterocycles. The van der Waals surface area contributed by atoms with Gasteiger partial charge in [-0.25, -0.2) is 4.39 Å². The Kier molecular flexibility index (Phi) is 5.93. The number of H-pyrrole nitrogens is 1. The van der Waals surface area contributed by atoms with Crippen LogP contribution in [-0.2, 0) is 26.1 Å². The van der Waals surface area contributed by atoms with Crippen molar-refractivity contribution >= 4 is 16.8 Å². The largest absolute Gasteiger partial charge is 0.381 e. The first-order chi connectivity index (χ1) is 15.7. The molecule has 0 saturated carbocycles. The second kappa shape index (κ2) is 9.00. The van der Waals surface area contributed by atoms with Crippen LogP contribution < -0.4 is 0 Å². The minimum absolute atomic E-state index is 0.0112. The van der Waals surface area contributed by atoms with E-state index < -0.39 is 5.41 Å². The number of benzene rings is 2. The van der Waals surface area contributed by atoms with E-state index >= 15 is 0 Å². The van der Waals surface area contributed by atoms with Crippen LogP contribution in [0.15, 0.2) is 48.7 Å². The van der Waals surface area contributed by atoms with Crippen molar-refractivity contribution in [1.29, 1.82) is 0 Å². The van der Waals surface area contributed by atoms with Gasteiger partial charge in [0.25, 0.3) is 0 Å². The fourth-order valence-electron chi connectivity index (χ4n) is 5.18. The molecule has 2 aliphatic rings. The summed E-state index contributed by atoms with van der Waals surface area (Å²) in [6.07, 6.45) is 3.61. The molecule has 0 unspecified atom stereocenters. The molecule has 2 fully saturated rings. The van der Waals surface area contributed by atoms with Gasteiger partial charge in [0.15, 0.2) is 0 Å². The monoisotopic (exact) mass is 437 g/mol. The van der Waals surface area contributed by atoms with Crippen LogP contribution in [0.3, 0.4) is 0 Å². The minimum atomic E-state index is -0.886. The quantitative estimate of drug-likeness (QED) is 0.679. The zero-order chi connectivity index (χ0) is 22.0. The molecule has 0 radical (unpaired) electrons. The van der Waals surface area contributed by atoms with Crippen LogP contribution in [0.4, 0.5) is 4.39 Å². The highest BCUT2D eigenvalue weighted by Crippen LogP contribution is 2.38. The topological polar surface area (TPSA) is 67.5 Å². The van der Waals surface area contributed by atoms with Crippen LogP contribution in [0.2, 0.25) is 0 Å². The second-order valence-electron chi connectivity index (χ2n) is 8.82. The number of fused-ring (bicyclic) bond motifs is 1. The van der Waals surface area contributed by atoms with Gasteiger partial charge in [0.1, 0.15) is 5.82 Å². The number of halogens is 1. The molecule has 0 spiro atoms. The average molecular weight is 438 g/mol. The lowest BCUT2D eigenvalue weighted by Gasteiger charge is -2.40. The zero-order valence-electron chi connectivity index (χ0n) is 18.1. The molecule has 0 bridgehead atoms. The van der Waals surface area contributed by atoms with Crippen LogP contribution >= 0.6 is 0 Å². The first kappa shape index (κ1) is 21.1. The van der Waals surface area contributed by atoms with Crippen molar-refractivity contribution in [3.63, 3.8) is 0 Å². The maximum Gasteiger partial charge on any atom is 0.233 e. The zero-order valence-corrected chi connectivity index (χ0v) is 18.1. The van der Waals surface area contributed by atoms with Crippen LogP contribution in [0, 0.1) is 11.7 Å². The summed E-state index contributed by atoms with van der Waals surface area (Å²) in [5.74, 6) is -0.181. The summed E-state index contributed by atoms with van der Waals surface area (Å²) in [4.78, 5) is 15.9.